The quantitative estimate of drug-likeness (QED) is 0.427. The summed E-state index contributed by atoms with van der Waals surface area (Å²) in [6.07, 6.45) is 0. The first-order chi connectivity index (χ1) is 6.24. The molecule has 0 aromatic heterocycles. The number of aromatic hydroxyl groups is 1. The standard InChI is InChI=1S/C9H13NO2S/c11-6-9(13)10-5-7-3-1-2-4-8(7)12/h1-4,9-13H,5-6H2. The summed E-state index contributed by atoms with van der Waals surface area (Å²) in [5, 5.41) is 20.7. The molecule has 1 aromatic rings. The minimum Gasteiger partial charge on any atom is -0.508 e. The number of para-hydroxylation sites is 1. The average Bonchev–Trinajstić information content (AvgIpc) is 2.16. The maximum Gasteiger partial charge on any atom is 0.120 e. The zero-order valence-electron chi connectivity index (χ0n) is 7.14. The summed E-state index contributed by atoms with van der Waals surface area (Å²) in [5.74, 6) is 0.258. The van der Waals surface area contributed by atoms with Crippen LogP contribution in [0.5, 0.6) is 5.75 Å². The van der Waals surface area contributed by atoms with E-state index in [0.717, 1.165) is 5.56 Å². The van der Waals surface area contributed by atoms with Crippen molar-refractivity contribution in [1.82, 2.24) is 5.32 Å². The fourth-order valence-corrected chi connectivity index (χ4v) is 1.04. The second-order valence-electron chi connectivity index (χ2n) is 2.71. The maximum absolute atomic E-state index is 9.37. The van der Waals surface area contributed by atoms with Crippen molar-refractivity contribution < 1.29 is 10.2 Å². The van der Waals surface area contributed by atoms with E-state index >= 15 is 0 Å². The molecule has 0 fully saturated rings. The molecule has 0 radical (unpaired) electrons. The Morgan fingerprint density at radius 1 is 1.38 bits per heavy atom. The normalized spacial score (nSPS) is 12.8. The lowest BCUT2D eigenvalue weighted by Crippen LogP contribution is -2.26. The average molecular weight is 199 g/mol. The number of aliphatic hydroxyl groups excluding tert-OH is 1. The zero-order valence-corrected chi connectivity index (χ0v) is 8.04. The first-order valence-electron chi connectivity index (χ1n) is 4.03. The summed E-state index contributed by atoms with van der Waals surface area (Å²) in [5.41, 5.74) is 0.801. The van der Waals surface area contributed by atoms with E-state index in [0.29, 0.717) is 6.54 Å². The minimum absolute atomic E-state index is 0.0310. The van der Waals surface area contributed by atoms with E-state index in [1.165, 1.54) is 0 Å². The Bertz CT molecular complexity index is 268. The van der Waals surface area contributed by atoms with E-state index in [1.54, 1.807) is 12.1 Å². The highest BCUT2D eigenvalue weighted by molar-refractivity contribution is 7.80. The third-order valence-electron chi connectivity index (χ3n) is 1.69. The molecule has 1 unspecified atom stereocenters. The lowest BCUT2D eigenvalue weighted by atomic mass is 10.2. The Labute approximate surface area is 82.8 Å². The maximum atomic E-state index is 9.37. The molecule has 13 heavy (non-hydrogen) atoms. The molecule has 1 rings (SSSR count). The number of aliphatic hydroxyl groups is 1. The molecule has 4 heteroatoms. The Morgan fingerprint density at radius 3 is 2.69 bits per heavy atom. The van der Waals surface area contributed by atoms with Gasteiger partial charge in [-0.2, -0.15) is 12.6 Å². The van der Waals surface area contributed by atoms with E-state index in [1.807, 2.05) is 12.1 Å². The van der Waals surface area contributed by atoms with Crippen molar-refractivity contribution in [1.29, 1.82) is 0 Å². The van der Waals surface area contributed by atoms with Crippen molar-refractivity contribution in [2.45, 2.75) is 11.9 Å². The molecule has 0 spiro atoms. The fourth-order valence-electron chi connectivity index (χ4n) is 0.953. The third-order valence-corrected chi connectivity index (χ3v) is 2.04. The largest absolute Gasteiger partial charge is 0.508 e. The van der Waals surface area contributed by atoms with Crippen molar-refractivity contribution in [3.63, 3.8) is 0 Å². The molecule has 1 atom stereocenters. The summed E-state index contributed by atoms with van der Waals surface area (Å²) in [6.45, 7) is 0.470. The van der Waals surface area contributed by atoms with Gasteiger partial charge in [-0.3, -0.25) is 5.32 Å². The van der Waals surface area contributed by atoms with Crippen LogP contribution in [0.1, 0.15) is 5.56 Å². The van der Waals surface area contributed by atoms with Gasteiger partial charge in [-0.25, -0.2) is 0 Å². The third kappa shape index (κ3) is 3.26. The van der Waals surface area contributed by atoms with Gasteiger partial charge in [-0.05, 0) is 6.07 Å². The van der Waals surface area contributed by atoms with E-state index in [2.05, 4.69) is 17.9 Å². The van der Waals surface area contributed by atoms with Gasteiger partial charge in [0.05, 0.1) is 12.0 Å². The van der Waals surface area contributed by atoms with Crippen LogP contribution in [-0.4, -0.2) is 22.2 Å². The summed E-state index contributed by atoms with van der Waals surface area (Å²) < 4.78 is 0. The van der Waals surface area contributed by atoms with Gasteiger partial charge in [0.1, 0.15) is 5.75 Å². The van der Waals surface area contributed by atoms with Crippen LogP contribution in [0.25, 0.3) is 0 Å². The topological polar surface area (TPSA) is 52.5 Å². The molecule has 0 saturated heterocycles. The molecular weight excluding hydrogens is 186 g/mol. The Morgan fingerprint density at radius 2 is 2.08 bits per heavy atom. The monoisotopic (exact) mass is 199 g/mol. The zero-order chi connectivity index (χ0) is 9.68. The SMILES string of the molecule is OCC(S)NCc1ccccc1O. The van der Waals surface area contributed by atoms with Gasteiger partial charge in [-0.1, -0.05) is 18.2 Å². The van der Waals surface area contributed by atoms with Crippen molar-refractivity contribution >= 4 is 12.6 Å². The highest BCUT2D eigenvalue weighted by atomic mass is 32.1. The number of nitrogens with one attached hydrogen (secondary N) is 1. The summed E-state index contributed by atoms with van der Waals surface area (Å²) in [4.78, 5) is 0. The van der Waals surface area contributed by atoms with Gasteiger partial charge in [0.2, 0.25) is 0 Å². The van der Waals surface area contributed by atoms with Crippen LogP contribution in [0.2, 0.25) is 0 Å². The van der Waals surface area contributed by atoms with Crippen LogP contribution in [0.3, 0.4) is 0 Å². The highest BCUT2D eigenvalue weighted by Crippen LogP contribution is 2.15. The number of phenols is 1. The van der Waals surface area contributed by atoms with E-state index < -0.39 is 0 Å². The van der Waals surface area contributed by atoms with Crippen LogP contribution in [0.4, 0.5) is 0 Å². The van der Waals surface area contributed by atoms with Gasteiger partial charge in [-0.15, -0.1) is 0 Å². The molecular formula is C9H13NO2S. The first kappa shape index (κ1) is 10.4. The van der Waals surface area contributed by atoms with Crippen LogP contribution < -0.4 is 5.32 Å². The molecule has 3 N–H and O–H groups in total. The molecule has 0 heterocycles. The van der Waals surface area contributed by atoms with Crippen molar-refractivity contribution in [3.8, 4) is 5.75 Å². The van der Waals surface area contributed by atoms with Crippen LogP contribution >= 0.6 is 12.6 Å². The Balaban J connectivity index is 2.50. The molecule has 0 amide bonds. The number of hydrogen-bond acceptors (Lipinski definition) is 4. The lowest BCUT2D eigenvalue weighted by Gasteiger charge is -2.10. The summed E-state index contributed by atoms with van der Waals surface area (Å²) >= 11 is 4.05. The molecule has 72 valence electrons. The molecule has 0 saturated carbocycles. The number of benzene rings is 1. The van der Waals surface area contributed by atoms with E-state index in [-0.39, 0.29) is 17.7 Å². The predicted octanol–water partition coefficient (Wildman–Crippen LogP) is 0.730. The van der Waals surface area contributed by atoms with Crippen LogP contribution in [-0.2, 0) is 6.54 Å². The van der Waals surface area contributed by atoms with E-state index in [4.69, 9.17) is 5.11 Å². The first-order valence-corrected chi connectivity index (χ1v) is 4.55. The lowest BCUT2D eigenvalue weighted by molar-refractivity contribution is 0.280. The van der Waals surface area contributed by atoms with Gasteiger partial charge in [0, 0.05) is 12.1 Å². The molecule has 0 aliphatic heterocycles. The number of rotatable bonds is 4. The van der Waals surface area contributed by atoms with Crippen molar-refractivity contribution in [2.24, 2.45) is 0 Å². The van der Waals surface area contributed by atoms with Gasteiger partial charge < -0.3 is 10.2 Å². The van der Waals surface area contributed by atoms with Crippen LogP contribution in [0.15, 0.2) is 24.3 Å². The smallest absolute Gasteiger partial charge is 0.120 e. The molecule has 0 aliphatic carbocycles. The minimum atomic E-state index is -0.250. The molecule has 1 aromatic carbocycles. The van der Waals surface area contributed by atoms with Crippen molar-refractivity contribution in [3.05, 3.63) is 29.8 Å². The predicted molar refractivity (Wildman–Crippen MR) is 54.8 cm³/mol. The second kappa shape index (κ2) is 5.11. The molecule has 3 nitrogen and oxygen atoms in total. The number of hydrogen-bond donors (Lipinski definition) is 4. The fraction of sp³-hybridized carbons (Fsp3) is 0.333. The summed E-state index contributed by atoms with van der Waals surface area (Å²) in [6, 6.07) is 7.07. The van der Waals surface area contributed by atoms with E-state index in [9.17, 15) is 5.11 Å². The van der Waals surface area contributed by atoms with Crippen LogP contribution in [0, 0.1) is 0 Å². The molecule has 0 aliphatic rings. The van der Waals surface area contributed by atoms with Gasteiger partial charge in [0.25, 0.3) is 0 Å². The summed E-state index contributed by atoms with van der Waals surface area (Å²) in [7, 11) is 0. The second-order valence-corrected chi connectivity index (χ2v) is 3.33. The Hall–Kier alpha value is -0.710. The molecule has 0 bridgehead atoms. The highest BCUT2D eigenvalue weighted by Gasteiger charge is 2.02. The van der Waals surface area contributed by atoms with Gasteiger partial charge in [0.15, 0.2) is 0 Å². The number of phenolic OH excluding ortho intramolecular Hbond substituents is 1. The number of thiol groups is 1. The van der Waals surface area contributed by atoms with Crippen molar-refractivity contribution in [2.75, 3.05) is 6.61 Å². The Kier molecular flexibility index (Phi) is 4.08. The van der Waals surface area contributed by atoms with Gasteiger partial charge >= 0.3 is 0 Å².